The third-order valence-corrected chi connectivity index (χ3v) is 6.56. The van der Waals surface area contributed by atoms with Crippen LogP contribution in [0, 0.1) is 0 Å². The predicted molar refractivity (Wildman–Crippen MR) is 71.2 cm³/mol. The quantitative estimate of drug-likeness (QED) is 0.837. The third-order valence-electron chi connectivity index (χ3n) is 3.85. The molecule has 0 aromatic carbocycles. The molecule has 1 aliphatic carbocycles. The SMILES string of the molecule is CC1SCCC1(N)c1nc2c(s1)CCCC2. The smallest absolute Gasteiger partial charge is 0.114 e. The van der Waals surface area contributed by atoms with Crippen molar-refractivity contribution < 1.29 is 0 Å². The molecule has 1 aromatic heterocycles. The van der Waals surface area contributed by atoms with Crippen molar-refractivity contribution in [3.63, 3.8) is 0 Å². The van der Waals surface area contributed by atoms with Crippen molar-refractivity contribution >= 4 is 23.1 Å². The second kappa shape index (κ2) is 4.00. The molecule has 4 heteroatoms. The summed E-state index contributed by atoms with van der Waals surface area (Å²) in [5, 5.41) is 1.72. The van der Waals surface area contributed by atoms with Gasteiger partial charge in [-0.05, 0) is 37.9 Å². The Kier molecular flexibility index (Phi) is 2.76. The van der Waals surface area contributed by atoms with E-state index in [1.54, 1.807) is 0 Å². The predicted octanol–water partition coefficient (Wildman–Crippen LogP) is 2.70. The highest BCUT2D eigenvalue weighted by atomic mass is 32.2. The zero-order valence-corrected chi connectivity index (χ0v) is 11.3. The van der Waals surface area contributed by atoms with Gasteiger partial charge in [0.05, 0.1) is 11.2 Å². The first-order valence-electron chi connectivity index (χ1n) is 6.10. The Hall–Kier alpha value is -0.0600. The Morgan fingerprint density at radius 3 is 2.88 bits per heavy atom. The standard InChI is InChI=1S/C12H18N2S2/c1-8-12(13,6-7-15-8)11-14-9-4-2-3-5-10(9)16-11/h8H,2-7,13H2,1H3. The Bertz CT molecular complexity index is 378. The fourth-order valence-electron chi connectivity index (χ4n) is 2.59. The number of aryl methyl sites for hydroxylation is 2. The number of aromatic nitrogens is 1. The minimum atomic E-state index is -0.146. The molecule has 1 saturated heterocycles. The topological polar surface area (TPSA) is 38.9 Å². The fourth-order valence-corrected chi connectivity index (χ4v) is 5.37. The number of hydrogen-bond donors (Lipinski definition) is 1. The van der Waals surface area contributed by atoms with Crippen molar-refractivity contribution in [2.24, 2.45) is 5.73 Å². The molecule has 2 aliphatic rings. The van der Waals surface area contributed by atoms with E-state index < -0.39 is 0 Å². The summed E-state index contributed by atoms with van der Waals surface area (Å²) in [4.78, 5) is 6.34. The van der Waals surface area contributed by atoms with Gasteiger partial charge in [-0.15, -0.1) is 11.3 Å². The molecule has 1 aromatic rings. The molecule has 16 heavy (non-hydrogen) atoms. The zero-order chi connectivity index (χ0) is 11.2. The summed E-state index contributed by atoms with van der Waals surface area (Å²) in [6.45, 7) is 2.25. The number of nitrogens with zero attached hydrogens (tertiary/aromatic N) is 1. The molecule has 0 bridgehead atoms. The van der Waals surface area contributed by atoms with Crippen LogP contribution in [0.25, 0.3) is 0 Å². The van der Waals surface area contributed by atoms with Gasteiger partial charge in [0, 0.05) is 10.1 Å². The molecular weight excluding hydrogens is 236 g/mol. The molecule has 2 heterocycles. The second-order valence-corrected chi connectivity index (χ2v) is 7.43. The van der Waals surface area contributed by atoms with Crippen molar-refractivity contribution in [2.45, 2.75) is 49.8 Å². The lowest BCUT2D eigenvalue weighted by Gasteiger charge is -2.25. The molecule has 2 nitrogen and oxygen atoms in total. The average molecular weight is 254 g/mol. The van der Waals surface area contributed by atoms with Crippen LogP contribution in [-0.2, 0) is 18.4 Å². The van der Waals surface area contributed by atoms with E-state index in [1.807, 2.05) is 23.1 Å². The molecule has 0 spiro atoms. The van der Waals surface area contributed by atoms with Gasteiger partial charge in [-0.3, -0.25) is 0 Å². The van der Waals surface area contributed by atoms with E-state index in [2.05, 4.69) is 6.92 Å². The molecule has 1 aliphatic heterocycles. The Morgan fingerprint density at radius 2 is 2.19 bits per heavy atom. The van der Waals surface area contributed by atoms with E-state index in [1.165, 1.54) is 47.0 Å². The molecule has 3 rings (SSSR count). The summed E-state index contributed by atoms with van der Waals surface area (Å²) in [6, 6.07) is 0. The minimum absolute atomic E-state index is 0.146. The van der Waals surface area contributed by atoms with Crippen LogP contribution in [-0.4, -0.2) is 16.0 Å². The normalized spacial score (nSPS) is 34.0. The van der Waals surface area contributed by atoms with Gasteiger partial charge in [0.1, 0.15) is 5.01 Å². The highest BCUT2D eigenvalue weighted by Gasteiger charge is 2.41. The van der Waals surface area contributed by atoms with Crippen LogP contribution in [0.2, 0.25) is 0 Å². The molecule has 0 amide bonds. The molecule has 2 atom stereocenters. The summed E-state index contributed by atoms with van der Waals surface area (Å²) < 4.78 is 0. The summed E-state index contributed by atoms with van der Waals surface area (Å²) >= 11 is 3.87. The monoisotopic (exact) mass is 254 g/mol. The van der Waals surface area contributed by atoms with Crippen molar-refractivity contribution in [2.75, 3.05) is 5.75 Å². The number of nitrogens with two attached hydrogens (primary N) is 1. The van der Waals surface area contributed by atoms with Crippen molar-refractivity contribution in [1.82, 2.24) is 4.98 Å². The van der Waals surface area contributed by atoms with Crippen LogP contribution in [0.4, 0.5) is 0 Å². The summed E-state index contributed by atoms with van der Waals surface area (Å²) in [5.41, 5.74) is 7.76. The van der Waals surface area contributed by atoms with Gasteiger partial charge >= 0.3 is 0 Å². The van der Waals surface area contributed by atoms with Crippen LogP contribution in [0.5, 0.6) is 0 Å². The molecular formula is C12H18N2S2. The summed E-state index contributed by atoms with van der Waals surface area (Å²) in [5.74, 6) is 1.18. The second-order valence-electron chi connectivity index (χ2n) is 4.90. The lowest BCUT2D eigenvalue weighted by molar-refractivity contribution is 0.444. The molecule has 88 valence electrons. The molecule has 1 fully saturated rings. The van der Waals surface area contributed by atoms with E-state index in [-0.39, 0.29) is 5.54 Å². The number of fused-ring (bicyclic) bond motifs is 1. The number of thiazole rings is 1. The number of thioether (sulfide) groups is 1. The summed E-state index contributed by atoms with van der Waals surface area (Å²) in [7, 11) is 0. The maximum atomic E-state index is 6.56. The largest absolute Gasteiger partial charge is 0.318 e. The van der Waals surface area contributed by atoms with E-state index >= 15 is 0 Å². The minimum Gasteiger partial charge on any atom is -0.318 e. The lowest BCUT2D eigenvalue weighted by Crippen LogP contribution is -2.41. The van der Waals surface area contributed by atoms with Gasteiger partial charge in [0.25, 0.3) is 0 Å². The third kappa shape index (κ3) is 1.62. The first-order valence-corrected chi connectivity index (χ1v) is 7.96. The van der Waals surface area contributed by atoms with Crippen molar-refractivity contribution in [3.8, 4) is 0 Å². The van der Waals surface area contributed by atoms with Crippen LogP contribution in [0.15, 0.2) is 0 Å². The van der Waals surface area contributed by atoms with Gasteiger partial charge < -0.3 is 5.73 Å². The highest BCUT2D eigenvalue weighted by molar-refractivity contribution is 8.00. The highest BCUT2D eigenvalue weighted by Crippen LogP contribution is 2.43. The molecule has 0 saturated carbocycles. The Morgan fingerprint density at radius 1 is 1.38 bits per heavy atom. The van der Waals surface area contributed by atoms with Crippen molar-refractivity contribution in [3.05, 3.63) is 15.6 Å². The van der Waals surface area contributed by atoms with Gasteiger partial charge in [-0.1, -0.05) is 6.92 Å². The number of hydrogen-bond acceptors (Lipinski definition) is 4. The van der Waals surface area contributed by atoms with Gasteiger partial charge in [-0.2, -0.15) is 11.8 Å². The number of rotatable bonds is 1. The Balaban J connectivity index is 1.97. The van der Waals surface area contributed by atoms with Gasteiger partial charge in [0.15, 0.2) is 0 Å². The first kappa shape index (κ1) is 11.1. The van der Waals surface area contributed by atoms with E-state index in [4.69, 9.17) is 10.7 Å². The van der Waals surface area contributed by atoms with E-state index in [0.717, 1.165) is 6.42 Å². The lowest BCUT2D eigenvalue weighted by atomic mass is 9.95. The van der Waals surface area contributed by atoms with E-state index in [9.17, 15) is 0 Å². The average Bonchev–Trinajstić information content (AvgIpc) is 2.84. The van der Waals surface area contributed by atoms with Crippen LogP contribution < -0.4 is 5.73 Å². The van der Waals surface area contributed by atoms with Gasteiger partial charge in [-0.25, -0.2) is 4.98 Å². The van der Waals surface area contributed by atoms with Gasteiger partial charge in [0.2, 0.25) is 0 Å². The molecule has 0 radical (unpaired) electrons. The molecule has 2 N–H and O–H groups in total. The Labute approximate surface area is 105 Å². The van der Waals surface area contributed by atoms with Crippen LogP contribution >= 0.6 is 23.1 Å². The summed E-state index contributed by atoms with van der Waals surface area (Å²) in [6.07, 6.45) is 6.12. The first-order chi connectivity index (χ1) is 7.70. The fraction of sp³-hybridized carbons (Fsp3) is 0.750. The van der Waals surface area contributed by atoms with Crippen LogP contribution in [0.1, 0.15) is 41.8 Å². The zero-order valence-electron chi connectivity index (χ0n) is 9.66. The van der Waals surface area contributed by atoms with Crippen LogP contribution in [0.3, 0.4) is 0 Å². The molecule has 2 unspecified atom stereocenters. The maximum Gasteiger partial charge on any atom is 0.114 e. The van der Waals surface area contributed by atoms with Crippen molar-refractivity contribution in [1.29, 1.82) is 0 Å². The van der Waals surface area contributed by atoms with E-state index in [0.29, 0.717) is 5.25 Å². The maximum absolute atomic E-state index is 6.56.